The molecule has 6 nitrogen and oxygen atoms in total. The van der Waals surface area contributed by atoms with Gasteiger partial charge < -0.3 is 19.1 Å². The molecule has 0 heterocycles. The minimum absolute atomic E-state index is 0.110. The predicted octanol–water partition coefficient (Wildman–Crippen LogP) is 3.52. The summed E-state index contributed by atoms with van der Waals surface area (Å²) in [7, 11) is 5.78. The van der Waals surface area contributed by atoms with Gasteiger partial charge in [-0.2, -0.15) is 0 Å². The van der Waals surface area contributed by atoms with Crippen LogP contribution in [0.25, 0.3) is 0 Å². The monoisotopic (exact) mass is 396 g/mol. The van der Waals surface area contributed by atoms with Crippen LogP contribution in [0.2, 0.25) is 0 Å². The summed E-state index contributed by atoms with van der Waals surface area (Å²) >= 11 is 0. The Morgan fingerprint density at radius 3 is 2.11 bits per heavy atom. The van der Waals surface area contributed by atoms with Gasteiger partial charge in [0.1, 0.15) is 12.6 Å². The molecule has 28 heavy (non-hydrogen) atoms. The molecule has 0 aliphatic rings. The van der Waals surface area contributed by atoms with Gasteiger partial charge in [-0.25, -0.2) is 0 Å². The van der Waals surface area contributed by atoms with Crippen LogP contribution in [0.1, 0.15) is 51.9 Å². The third kappa shape index (κ3) is 18.9. The fourth-order valence-corrected chi connectivity index (χ4v) is 2.37. The number of allylic oxidation sites excluding steroid dienone is 6. The van der Waals surface area contributed by atoms with E-state index in [0.717, 1.165) is 25.7 Å². The molecular weight excluding hydrogens is 358 g/mol. The second kappa shape index (κ2) is 16.1. The molecule has 0 bridgehead atoms. The fraction of sp³-hybridized carbons (Fsp3) is 0.636. The number of rotatable bonds is 15. The van der Waals surface area contributed by atoms with Gasteiger partial charge >= 0.3 is 11.9 Å². The Morgan fingerprint density at radius 1 is 0.929 bits per heavy atom. The molecule has 0 rings (SSSR count). The van der Waals surface area contributed by atoms with E-state index >= 15 is 0 Å². The Kier molecular flexibility index (Phi) is 15.0. The van der Waals surface area contributed by atoms with Crippen molar-refractivity contribution in [3.63, 3.8) is 0 Å². The van der Waals surface area contributed by atoms with Gasteiger partial charge in [-0.1, -0.05) is 43.4 Å². The molecule has 0 aliphatic carbocycles. The average molecular weight is 397 g/mol. The topological polar surface area (TPSA) is 72.8 Å². The van der Waals surface area contributed by atoms with Crippen molar-refractivity contribution >= 4 is 11.9 Å². The van der Waals surface area contributed by atoms with Crippen molar-refractivity contribution in [3.8, 4) is 0 Å². The number of hydrogen-bond donors (Lipinski definition) is 1. The molecule has 0 aromatic heterocycles. The van der Waals surface area contributed by atoms with Crippen molar-refractivity contribution in [2.75, 3.05) is 34.5 Å². The maximum absolute atomic E-state index is 11.6. The molecule has 0 spiro atoms. The summed E-state index contributed by atoms with van der Waals surface area (Å²) in [4.78, 5) is 23.2. The average Bonchev–Trinajstić information content (AvgIpc) is 2.57. The Balaban J connectivity index is 3.68. The lowest BCUT2D eigenvalue weighted by Crippen LogP contribution is -2.42. The van der Waals surface area contributed by atoms with Crippen LogP contribution >= 0.6 is 0 Å². The number of quaternary nitrogens is 1. The molecule has 1 atom stereocenters. The van der Waals surface area contributed by atoms with E-state index in [2.05, 4.69) is 43.4 Å². The molecule has 1 N–H and O–H groups in total. The summed E-state index contributed by atoms with van der Waals surface area (Å²) in [6.07, 6.45) is 16.5. The van der Waals surface area contributed by atoms with E-state index in [9.17, 15) is 14.7 Å². The molecule has 1 unspecified atom stereocenters. The molecule has 0 saturated carbocycles. The first-order valence-corrected chi connectivity index (χ1v) is 9.99. The molecule has 0 aliphatic heterocycles. The van der Waals surface area contributed by atoms with Crippen molar-refractivity contribution < 1.29 is 28.7 Å². The van der Waals surface area contributed by atoms with Crippen LogP contribution in [0, 0.1) is 0 Å². The number of hydrogen-bond acceptors (Lipinski definition) is 5. The van der Waals surface area contributed by atoms with Crippen molar-refractivity contribution in [1.82, 2.24) is 0 Å². The second-order valence-electron chi connectivity index (χ2n) is 7.67. The molecule has 0 aromatic carbocycles. The Hall–Kier alpha value is -1.92. The fourth-order valence-electron chi connectivity index (χ4n) is 2.37. The number of ether oxygens (including phenoxy) is 2. The van der Waals surface area contributed by atoms with Crippen LogP contribution in [0.4, 0.5) is 0 Å². The maximum atomic E-state index is 11.6. The molecular formula is C22H38NO5+. The molecule has 0 amide bonds. The SMILES string of the molecule is CC/C=C\C/C=C\C/C=C\CCCC(=O)OCOC(=O)CC(O)C[N+](C)(C)C. The highest BCUT2D eigenvalue weighted by molar-refractivity contribution is 5.71. The first-order chi connectivity index (χ1) is 13.2. The zero-order valence-electron chi connectivity index (χ0n) is 17.9. The number of esters is 2. The minimum atomic E-state index is -0.780. The highest BCUT2D eigenvalue weighted by Gasteiger charge is 2.19. The van der Waals surface area contributed by atoms with E-state index in [1.54, 1.807) is 0 Å². The van der Waals surface area contributed by atoms with E-state index in [0.29, 0.717) is 17.4 Å². The summed E-state index contributed by atoms with van der Waals surface area (Å²) in [5.41, 5.74) is 0. The van der Waals surface area contributed by atoms with Gasteiger partial charge in [0.15, 0.2) is 0 Å². The summed E-state index contributed by atoms with van der Waals surface area (Å²) in [5, 5.41) is 9.80. The Morgan fingerprint density at radius 2 is 1.50 bits per heavy atom. The number of carbonyl (C=O) groups excluding carboxylic acids is 2. The summed E-state index contributed by atoms with van der Waals surface area (Å²) in [5.74, 6) is -0.967. The Labute approximate surface area is 170 Å². The highest BCUT2D eigenvalue weighted by Crippen LogP contribution is 2.03. The maximum Gasteiger partial charge on any atom is 0.311 e. The lowest BCUT2D eigenvalue weighted by molar-refractivity contribution is -0.873. The van der Waals surface area contributed by atoms with Crippen molar-refractivity contribution in [2.45, 2.75) is 58.0 Å². The van der Waals surface area contributed by atoms with E-state index in [1.165, 1.54) is 0 Å². The van der Waals surface area contributed by atoms with Crippen molar-refractivity contribution in [1.29, 1.82) is 0 Å². The van der Waals surface area contributed by atoms with E-state index < -0.39 is 24.8 Å². The van der Waals surface area contributed by atoms with Gasteiger partial charge in [0, 0.05) is 6.42 Å². The second-order valence-corrected chi connectivity index (χ2v) is 7.67. The lowest BCUT2D eigenvalue weighted by Gasteiger charge is -2.26. The van der Waals surface area contributed by atoms with E-state index in [4.69, 9.17) is 9.47 Å². The third-order valence-corrected chi connectivity index (χ3v) is 3.63. The van der Waals surface area contributed by atoms with Crippen LogP contribution in [-0.4, -0.2) is 62.1 Å². The minimum Gasteiger partial charge on any atom is -0.428 e. The van der Waals surface area contributed by atoms with Crippen LogP contribution in [-0.2, 0) is 19.1 Å². The van der Waals surface area contributed by atoms with Gasteiger partial charge in [0.25, 0.3) is 0 Å². The van der Waals surface area contributed by atoms with Crippen molar-refractivity contribution in [3.05, 3.63) is 36.5 Å². The summed E-state index contributed by atoms with van der Waals surface area (Å²) < 4.78 is 10.3. The van der Waals surface area contributed by atoms with Crippen LogP contribution < -0.4 is 0 Å². The zero-order chi connectivity index (χ0) is 21.3. The number of carbonyl (C=O) groups is 2. The number of aliphatic hydroxyl groups is 1. The van der Waals surface area contributed by atoms with Crippen molar-refractivity contribution in [2.24, 2.45) is 0 Å². The lowest BCUT2D eigenvalue weighted by atomic mass is 10.2. The molecule has 0 saturated heterocycles. The zero-order valence-corrected chi connectivity index (χ0v) is 17.9. The van der Waals surface area contributed by atoms with Crippen LogP contribution in [0.15, 0.2) is 36.5 Å². The molecule has 0 radical (unpaired) electrons. The van der Waals surface area contributed by atoms with Crippen LogP contribution in [0.5, 0.6) is 0 Å². The standard InChI is InChI=1S/C22H38NO5/c1-5-6-7-8-9-10-11-12-13-14-15-16-21(25)27-19-28-22(26)17-20(24)18-23(2,3)4/h6-7,9-10,12-13,20,24H,5,8,11,14-19H2,1-4H3/q+1/b7-6-,10-9-,13-12-. The quantitative estimate of drug-likeness (QED) is 0.151. The molecule has 0 aromatic rings. The molecule has 160 valence electrons. The van der Waals surface area contributed by atoms with Gasteiger partial charge in [0.05, 0.1) is 27.6 Å². The highest BCUT2D eigenvalue weighted by atomic mass is 16.7. The molecule has 6 heteroatoms. The van der Waals surface area contributed by atoms with E-state index in [1.807, 2.05) is 21.1 Å². The normalized spacial score (nSPS) is 13.5. The van der Waals surface area contributed by atoms with E-state index in [-0.39, 0.29) is 12.8 Å². The summed E-state index contributed by atoms with van der Waals surface area (Å²) in [6, 6.07) is 0. The number of likely N-dealkylation sites (N-methyl/N-ethyl adjacent to an activating group) is 1. The predicted molar refractivity (Wildman–Crippen MR) is 111 cm³/mol. The first kappa shape index (κ1) is 26.1. The van der Waals surface area contributed by atoms with Gasteiger partial charge in [-0.3, -0.25) is 9.59 Å². The third-order valence-electron chi connectivity index (χ3n) is 3.63. The van der Waals surface area contributed by atoms with Gasteiger partial charge in [-0.05, 0) is 32.1 Å². The molecule has 0 fully saturated rings. The Bertz CT molecular complexity index is 518. The van der Waals surface area contributed by atoms with Crippen LogP contribution in [0.3, 0.4) is 0 Å². The summed E-state index contributed by atoms with van der Waals surface area (Å²) in [6.45, 7) is 2.15. The number of aliphatic hydroxyl groups excluding tert-OH is 1. The number of unbranched alkanes of at least 4 members (excludes halogenated alkanes) is 1. The number of nitrogens with zero attached hydrogens (tertiary/aromatic N) is 1. The van der Waals surface area contributed by atoms with Gasteiger partial charge in [0.2, 0.25) is 6.79 Å². The largest absolute Gasteiger partial charge is 0.428 e. The first-order valence-electron chi connectivity index (χ1n) is 9.99. The van der Waals surface area contributed by atoms with Gasteiger partial charge in [-0.15, -0.1) is 0 Å². The smallest absolute Gasteiger partial charge is 0.311 e.